The number of carboxylic acids is 1. The molecule has 0 spiro atoms. The standard InChI is InChI=1S/C22H28FN3O6S.C17H19ClN2/c1-13(2)20-18(10-9-16(27)11-17(28)12-19(29)30)21(14-5-7-15(23)8-6-14)25-22(24-20)26(3)33(4,31)32;18-16-8-6-15(7-9-16)17(14-4-2-1-3-5-14)20-12-10-19-11-13-20/h5-10,13,16-17,27-28H,11-12H2,1-4H3,(H,29,30);1-9,17,19H,10-13H2/b10-9+;/t16-,17-;/m1./s1. The molecule has 1 unspecified atom stereocenters. The van der Waals surface area contributed by atoms with Crippen molar-refractivity contribution in [2.45, 2.75) is 50.9 Å². The highest BCUT2D eigenvalue weighted by atomic mass is 35.5. The van der Waals surface area contributed by atoms with E-state index in [2.05, 4.69) is 62.6 Å². The molecule has 14 heteroatoms. The van der Waals surface area contributed by atoms with Gasteiger partial charge in [-0.1, -0.05) is 80.1 Å². The van der Waals surface area contributed by atoms with Gasteiger partial charge in [0, 0.05) is 55.8 Å². The van der Waals surface area contributed by atoms with Gasteiger partial charge in [0.1, 0.15) is 5.82 Å². The number of hydrogen-bond acceptors (Lipinski definition) is 9. The van der Waals surface area contributed by atoms with E-state index in [9.17, 15) is 27.8 Å². The molecule has 4 N–H and O–H groups in total. The minimum atomic E-state index is -3.65. The molecule has 53 heavy (non-hydrogen) atoms. The number of benzene rings is 3. The van der Waals surface area contributed by atoms with Gasteiger partial charge in [0.2, 0.25) is 16.0 Å². The second kappa shape index (κ2) is 19.2. The number of hydrogen-bond donors (Lipinski definition) is 4. The molecule has 5 rings (SSSR count). The third-order valence-electron chi connectivity index (χ3n) is 8.63. The highest BCUT2D eigenvalue weighted by molar-refractivity contribution is 7.92. The molecule has 1 aliphatic heterocycles. The van der Waals surface area contributed by atoms with E-state index in [-0.39, 0.29) is 18.3 Å². The topological polar surface area (TPSA) is 156 Å². The van der Waals surface area contributed by atoms with Crippen LogP contribution in [0.5, 0.6) is 0 Å². The van der Waals surface area contributed by atoms with Gasteiger partial charge in [0.15, 0.2) is 0 Å². The summed E-state index contributed by atoms with van der Waals surface area (Å²) in [6.45, 7) is 7.95. The van der Waals surface area contributed by atoms with Crippen molar-refractivity contribution in [2.75, 3.05) is 43.8 Å². The van der Waals surface area contributed by atoms with E-state index in [1.807, 2.05) is 26.0 Å². The number of nitrogens with zero attached hydrogens (tertiary/aromatic N) is 4. The number of aliphatic hydroxyl groups excluding tert-OH is 2. The number of anilines is 1. The number of carboxylic acid groups (broad SMARTS) is 1. The summed E-state index contributed by atoms with van der Waals surface area (Å²) in [7, 11) is -2.33. The first kappa shape index (κ1) is 41.5. The van der Waals surface area contributed by atoms with E-state index in [1.165, 1.54) is 54.6 Å². The summed E-state index contributed by atoms with van der Waals surface area (Å²) < 4.78 is 38.6. The Bertz CT molecular complexity index is 1930. The number of aromatic nitrogens is 2. The predicted molar refractivity (Wildman–Crippen MR) is 207 cm³/mol. The fraction of sp³-hybridized carbons (Fsp3) is 0.359. The van der Waals surface area contributed by atoms with Gasteiger partial charge in [-0.3, -0.25) is 9.69 Å². The van der Waals surface area contributed by atoms with Crippen LogP contribution in [0.4, 0.5) is 10.3 Å². The van der Waals surface area contributed by atoms with Crippen LogP contribution in [-0.4, -0.2) is 96.3 Å². The Morgan fingerprint density at radius 3 is 2.15 bits per heavy atom. The lowest BCUT2D eigenvalue weighted by Crippen LogP contribution is -2.45. The highest BCUT2D eigenvalue weighted by Crippen LogP contribution is 2.32. The maximum atomic E-state index is 13.5. The maximum Gasteiger partial charge on any atom is 0.305 e. The number of halogens is 2. The average molecular weight is 768 g/mol. The van der Waals surface area contributed by atoms with Gasteiger partial charge in [-0.2, -0.15) is 0 Å². The molecule has 4 aromatic rings. The Balaban J connectivity index is 0.000000265. The molecule has 3 aromatic carbocycles. The number of aliphatic hydroxyl groups is 2. The van der Waals surface area contributed by atoms with Crippen LogP contribution in [0.25, 0.3) is 17.3 Å². The minimum Gasteiger partial charge on any atom is -0.481 e. The monoisotopic (exact) mass is 767 g/mol. The quantitative estimate of drug-likeness (QED) is 0.132. The summed E-state index contributed by atoms with van der Waals surface area (Å²) in [5, 5.41) is 33.0. The molecule has 1 aliphatic rings. The molecule has 0 radical (unpaired) electrons. The number of piperazine rings is 1. The summed E-state index contributed by atoms with van der Waals surface area (Å²) in [5.41, 5.74) is 4.45. The summed E-state index contributed by atoms with van der Waals surface area (Å²) in [6.07, 6.45) is 0.860. The molecule has 11 nitrogen and oxygen atoms in total. The molecule has 1 saturated heterocycles. The zero-order chi connectivity index (χ0) is 38.7. The van der Waals surface area contributed by atoms with Crippen molar-refractivity contribution in [1.82, 2.24) is 20.2 Å². The van der Waals surface area contributed by atoms with E-state index >= 15 is 0 Å². The Morgan fingerprint density at radius 2 is 1.58 bits per heavy atom. The van der Waals surface area contributed by atoms with Gasteiger partial charge >= 0.3 is 5.97 Å². The molecular weight excluding hydrogens is 721 g/mol. The molecular formula is C39H47ClFN5O6S. The van der Waals surface area contributed by atoms with E-state index in [1.54, 1.807) is 0 Å². The van der Waals surface area contributed by atoms with Crippen molar-refractivity contribution >= 4 is 39.6 Å². The number of rotatable bonds is 13. The lowest BCUT2D eigenvalue weighted by Gasteiger charge is -2.35. The number of sulfonamides is 1. The molecule has 3 atom stereocenters. The van der Waals surface area contributed by atoms with Crippen molar-refractivity contribution in [3.63, 3.8) is 0 Å². The van der Waals surface area contributed by atoms with Crippen molar-refractivity contribution in [3.8, 4) is 11.3 Å². The molecule has 284 valence electrons. The van der Waals surface area contributed by atoms with E-state index in [0.29, 0.717) is 28.6 Å². The highest BCUT2D eigenvalue weighted by Gasteiger charge is 2.24. The normalized spacial score (nSPS) is 15.4. The van der Waals surface area contributed by atoms with Gasteiger partial charge in [0.05, 0.1) is 42.3 Å². The smallest absolute Gasteiger partial charge is 0.305 e. The fourth-order valence-corrected chi connectivity index (χ4v) is 6.38. The van der Waals surface area contributed by atoms with Crippen LogP contribution in [0.15, 0.2) is 84.9 Å². The largest absolute Gasteiger partial charge is 0.481 e. The molecule has 1 aromatic heterocycles. The van der Waals surface area contributed by atoms with Gasteiger partial charge in [-0.15, -0.1) is 0 Å². The average Bonchev–Trinajstić information content (AvgIpc) is 3.12. The Hall–Kier alpha value is -4.24. The van der Waals surface area contributed by atoms with Gasteiger partial charge < -0.3 is 20.6 Å². The first-order valence-corrected chi connectivity index (χ1v) is 19.5. The molecule has 1 fully saturated rings. The molecule has 2 heterocycles. The zero-order valence-electron chi connectivity index (χ0n) is 30.2. The van der Waals surface area contributed by atoms with Gasteiger partial charge in [0.25, 0.3) is 0 Å². The fourth-order valence-electron chi connectivity index (χ4n) is 5.88. The number of nitrogens with one attached hydrogen (secondary N) is 1. The molecule has 0 saturated carbocycles. The Kier molecular flexibility index (Phi) is 15.0. The predicted octanol–water partition coefficient (Wildman–Crippen LogP) is 5.74. The summed E-state index contributed by atoms with van der Waals surface area (Å²) in [6, 6.07) is 24.8. The van der Waals surface area contributed by atoms with E-state index in [0.717, 1.165) is 41.8 Å². The van der Waals surface area contributed by atoms with Crippen molar-refractivity contribution < 1.29 is 32.9 Å². The van der Waals surface area contributed by atoms with Crippen LogP contribution >= 0.6 is 11.6 Å². The van der Waals surface area contributed by atoms with Crippen LogP contribution in [0.2, 0.25) is 5.02 Å². The van der Waals surface area contributed by atoms with Crippen LogP contribution < -0.4 is 9.62 Å². The Morgan fingerprint density at radius 1 is 0.981 bits per heavy atom. The number of aliphatic carboxylic acids is 1. The minimum absolute atomic E-state index is 0.0601. The van der Waals surface area contributed by atoms with Crippen LogP contribution in [0.3, 0.4) is 0 Å². The SMILES string of the molecule is CC(C)c1nc(N(C)S(C)(=O)=O)nc(-c2ccc(F)cc2)c1/C=C/[C@@H](O)C[C@@H](O)CC(=O)O.Clc1ccc(C(c2ccccc2)N2CCNCC2)cc1. The van der Waals surface area contributed by atoms with Crippen molar-refractivity contribution in [3.05, 3.63) is 118 Å². The third-order valence-corrected chi connectivity index (χ3v) is 10.0. The third kappa shape index (κ3) is 12.1. The van der Waals surface area contributed by atoms with Crippen molar-refractivity contribution in [2.24, 2.45) is 0 Å². The summed E-state index contributed by atoms with van der Waals surface area (Å²) >= 11 is 6.02. The first-order chi connectivity index (χ1) is 25.1. The lowest BCUT2D eigenvalue weighted by atomic mass is 9.96. The van der Waals surface area contributed by atoms with Crippen LogP contribution in [0, 0.1) is 5.82 Å². The maximum absolute atomic E-state index is 13.5. The number of carbonyl (C=O) groups is 1. The lowest BCUT2D eigenvalue weighted by molar-refractivity contribution is -0.139. The van der Waals surface area contributed by atoms with E-state index in [4.69, 9.17) is 16.7 Å². The summed E-state index contributed by atoms with van der Waals surface area (Å²) in [5.74, 6) is -1.87. The second-order valence-electron chi connectivity index (χ2n) is 13.1. The first-order valence-electron chi connectivity index (χ1n) is 17.3. The summed E-state index contributed by atoms with van der Waals surface area (Å²) in [4.78, 5) is 22.1. The van der Waals surface area contributed by atoms with Gasteiger partial charge in [-0.25, -0.2) is 27.1 Å². The van der Waals surface area contributed by atoms with Crippen LogP contribution in [0.1, 0.15) is 61.0 Å². The molecule has 0 amide bonds. The molecule has 0 aliphatic carbocycles. The Labute approximate surface area is 315 Å². The zero-order valence-corrected chi connectivity index (χ0v) is 31.8. The van der Waals surface area contributed by atoms with Crippen LogP contribution in [-0.2, 0) is 14.8 Å². The van der Waals surface area contributed by atoms with Crippen molar-refractivity contribution in [1.29, 1.82) is 0 Å². The second-order valence-corrected chi connectivity index (χ2v) is 15.6. The van der Waals surface area contributed by atoms with E-state index < -0.39 is 40.4 Å². The van der Waals surface area contributed by atoms with Gasteiger partial charge in [-0.05, 0) is 53.4 Å². The molecule has 0 bridgehead atoms.